The minimum absolute atomic E-state index is 0.215. The summed E-state index contributed by atoms with van der Waals surface area (Å²) in [6, 6.07) is 14.9. The number of nitrogens with zero attached hydrogens (tertiary/aromatic N) is 1. The summed E-state index contributed by atoms with van der Waals surface area (Å²) in [6.45, 7) is 3.50. The second-order valence-corrected chi connectivity index (χ2v) is 8.56. The zero-order valence-corrected chi connectivity index (χ0v) is 15.7. The molecule has 134 valence electrons. The van der Waals surface area contributed by atoms with E-state index < -0.39 is 10.0 Å². The zero-order valence-electron chi connectivity index (χ0n) is 14.1. The maximum absolute atomic E-state index is 12.2. The molecule has 0 spiro atoms. The summed E-state index contributed by atoms with van der Waals surface area (Å²) in [4.78, 5) is 2.65. The van der Waals surface area contributed by atoms with Gasteiger partial charge in [-0.1, -0.05) is 41.9 Å². The molecule has 0 aliphatic carbocycles. The number of unbranched alkanes of at least 4 members (excludes halogenated alkanes) is 1. The molecular weight excluding hydrogens is 356 g/mol. The highest BCUT2D eigenvalue weighted by molar-refractivity contribution is 7.89. The lowest BCUT2D eigenvalue weighted by Crippen LogP contribution is -2.32. The highest BCUT2D eigenvalue weighted by Crippen LogP contribution is 2.19. The molecule has 1 aliphatic heterocycles. The van der Waals surface area contributed by atoms with Gasteiger partial charge in [-0.2, -0.15) is 0 Å². The van der Waals surface area contributed by atoms with E-state index >= 15 is 0 Å². The predicted octanol–water partition coefficient (Wildman–Crippen LogP) is 3.46. The van der Waals surface area contributed by atoms with Crippen LogP contribution in [0.5, 0.6) is 0 Å². The van der Waals surface area contributed by atoms with Gasteiger partial charge in [0.2, 0.25) is 10.0 Å². The Labute approximate surface area is 154 Å². The molecule has 2 aromatic carbocycles. The van der Waals surface area contributed by atoms with Gasteiger partial charge in [-0.15, -0.1) is 0 Å². The molecule has 0 unspecified atom stereocenters. The van der Waals surface area contributed by atoms with Crippen LogP contribution in [0.2, 0.25) is 5.02 Å². The molecule has 0 fully saturated rings. The van der Waals surface area contributed by atoms with E-state index in [1.54, 1.807) is 18.2 Å². The molecule has 6 heteroatoms. The molecule has 0 saturated heterocycles. The van der Waals surface area contributed by atoms with E-state index in [2.05, 4.69) is 33.9 Å². The van der Waals surface area contributed by atoms with Crippen molar-refractivity contribution in [2.75, 3.05) is 19.6 Å². The van der Waals surface area contributed by atoms with Crippen molar-refractivity contribution < 1.29 is 8.42 Å². The van der Waals surface area contributed by atoms with E-state index in [4.69, 9.17) is 11.6 Å². The lowest BCUT2D eigenvalue weighted by Gasteiger charge is -2.28. The Balaban J connectivity index is 1.41. The van der Waals surface area contributed by atoms with E-state index in [0.717, 1.165) is 38.9 Å². The van der Waals surface area contributed by atoms with E-state index in [-0.39, 0.29) is 4.90 Å². The van der Waals surface area contributed by atoms with E-state index in [0.29, 0.717) is 11.6 Å². The standard InChI is InChI=1S/C19H23ClN2O2S/c20-18-8-5-9-19(14-18)25(23,24)21-11-3-4-12-22-13-10-16-6-1-2-7-17(16)15-22/h1-2,5-9,14,21H,3-4,10-13,15H2. The minimum atomic E-state index is -3.48. The van der Waals surface area contributed by atoms with Gasteiger partial charge in [-0.3, -0.25) is 4.90 Å². The van der Waals surface area contributed by atoms with E-state index in [1.165, 1.54) is 17.2 Å². The number of halogens is 1. The number of hydrogen-bond donors (Lipinski definition) is 1. The van der Waals surface area contributed by atoms with Crippen LogP contribution in [0.25, 0.3) is 0 Å². The van der Waals surface area contributed by atoms with Crippen LogP contribution < -0.4 is 4.72 Å². The summed E-state index contributed by atoms with van der Waals surface area (Å²) in [5.41, 5.74) is 2.86. The molecule has 0 aromatic heterocycles. The first kappa shape index (κ1) is 18.4. The molecule has 2 aromatic rings. The first-order valence-electron chi connectivity index (χ1n) is 8.59. The second kappa shape index (κ2) is 8.32. The number of hydrogen-bond acceptors (Lipinski definition) is 3. The number of sulfonamides is 1. The van der Waals surface area contributed by atoms with Crippen molar-refractivity contribution in [3.63, 3.8) is 0 Å². The lowest BCUT2D eigenvalue weighted by molar-refractivity contribution is 0.249. The molecule has 0 saturated carbocycles. The summed E-state index contributed by atoms with van der Waals surface area (Å²) in [6.07, 6.45) is 2.88. The molecule has 3 rings (SSSR count). The quantitative estimate of drug-likeness (QED) is 0.750. The number of rotatable bonds is 7. The van der Waals surface area contributed by atoms with Crippen LogP contribution in [0.15, 0.2) is 53.4 Å². The lowest BCUT2D eigenvalue weighted by atomic mass is 10.00. The van der Waals surface area contributed by atoms with Crippen molar-refractivity contribution in [1.29, 1.82) is 0 Å². The van der Waals surface area contributed by atoms with Crippen molar-refractivity contribution in [3.8, 4) is 0 Å². The summed E-state index contributed by atoms with van der Waals surface area (Å²) < 4.78 is 27.1. The largest absolute Gasteiger partial charge is 0.299 e. The first-order chi connectivity index (χ1) is 12.0. The van der Waals surface area contributed by atoms with Crippen molar-refractivity contribution in [2.45, 2.75) is 30.7 Å². The number of nitrogens with one attached hydrogen (secondary N) is 1. The summed E-state index contributed by atoms with van der Waals surface area (Å²) >= 11 is 5.86. The molecule has 0 bridgehead atoms. The zero-order chi connectivity index (χ0) is 17.7. The van der Waals surface area contributed by atoms with E-state index in [9.17, 15) is 8.42 Å². The van der Waals surface area contributed by atoms with Gasteiger partial charge in [0.15, 0.2) is 0 Å². The smallest absolute Gasteiger partial charge is 0.240 e. The molecule has 0 atom stereocenters. The Morgan fingerprint density at radius 2 is 1.84 bits per heavy atom. The Morgan fingerprint density at radius 1 is 1.04 bits per heavy atom. The van der Waals surface area contributed by atoms with Crippen LogP contribution in [0.3, 0.4) is 0 Å². The first-order valence-corrected chi connectivity index (χ1v) is 10.4. The van der Waals surface area contributed by atoms with Crippen LogP contribution in [0.4, 0.5) is 0 Å². The topological polar surface area (TPSA) is 49.4 Å². The maximum Gasteiger partial charge on any atom is 0.240 e. The molecule has 4 nitrogen and oxygen atoms in total. The maximum atomic E-state index is 12.2. The van der Waals surface area contributed by atoms with Gasteiger partial charge >= 0.3 is 0 Å². The monoisotopic (exact) mass is 378 g/mol. The second-order valence-electron chi connectivity index (χ2n) is 6.36. The Hall–Kier alpha value is -1.40. The Bertz CT molecular complexity index is 824. The molecule has 0 amide bonds. The minimum Gasteiger partial charge on any atom is -0.299 e. The highest BCUT2D eigenvalue weighted by Gasteiger charge is 2.16. The SMILES string of the molecule is O=S(=O)(NCCCCN1CCc2ccccc2C1)c1cccc(Cl)c1. The van der Waals surface area contributed by atoms with Gasteiger partial charge in [0.05, 0.1) is 4.90 Å². The van der Waals surface area contributed by atoms with Gasteiger partial charge in [0.25, 0.3) is 0 Å². The van der Waals surface area contributed by atoms with Crippen LogP contribution >= 0.6 is 11.6 Å². The van der Waals surface area contributed by atoms with Gasteiger partial charge in [-0.25, -0.2) is 13.1 Å². The molecule has 1 aliphatic rings. The molecule has 0 radical (unpaired) electrons. The van der Waals surface area contributed by atoms with Crippen molar-refractivity contribution >= 4 is 21.6 Å². The van der Waals surface area contributed by atoms with Crippen LogP contribution in [0.1, 0.15) is 24.0 Å². The Morgan fingerprint density at radius 3 is 2.64 bits per heavy atom. The van der Waals surface area contributed by atoms with Crippen molar-refractivity contribution in [2.24, 2.45) is 0 Å². The molecule has 1 N–H and O–H groups in total. The summed E-state index contributed by atoms with van der Waals surface area (Å²) in [7, 11) is -3.48. The molecule has 1 heterocycles. The summed E-state index contributed by atoms with van der Waals surface area (Å²) in [5, 5.41) is 0.424. The van der Waals surface area contributed by atoms with E-state index in [1.807, 2.05) is 0 Å². The third-order valence-electron chi connectivity index (χ3n) is 4.51. The average Bonchev–Trinajstić information content (AvgIpc) is 2.61. The fourth-order valence-electron chi connectivity index (χ4n) is 3.13. The van der Waals surface area contributed by atoms with Crippen molar-refractivity contribution in [1.82, 2.24) is 9.62 Å². The van der Waals surface area contributed by atoms with Gasteiger partial charge in [-0.05, 0) is 55.1 Å². The van der Waals surface area contributed by atoms with Gasteiger partial charge in [0.1, 0.15) is 0 Å². The third kappa shape index (κ3) is 5.05. The van der Waals surface area contributed by atoms with Crippen molar-refractivity contribution in [3.05, 3.63) is 64.7 Å². The molecular formula is C19H23ClN2O2S. The molecule has 25 heavy (non-hydrogen) atoms. The fraction of sp³-hybridized carbons (Fsp3) is 0.368. The number of fused-ring (bicyclic) bond motifs is 1. The van der Waals surface area contributed by atoms with Gasteiger partial charge in [0, 0.05) is 24.7 Å². The highest BCUT2D eigenvalue weighted by atomic mass is 35.5. The van der Waals surface area contributed by atoms with Crippen LogP contribution in [-0.4, -0.2) is 33.0 Å². The normalized spacial score (nSPS) is 15.1. The average molecular weight is 379 g/mol. The third-order valence-corrected chi connectivity index (χ3v) is 6.20. The summed E-state index contributed by atoms with van der Waals surface area (Å²) in [5.74, 6) is 0. The number of benzene rings is 2. The predicted molar refractivity (Wildman–Crippen MR) is 101 cm³/mol. The Kier molecular flexibility index (Phi) is 6.12. The van der Waals surface area contributed by atoms with Crippen LogP contribution in [-0.2, 0) is 23.0 Å². The fourth-order valence-corrected chi connectivity index (χ4v) is 4.50. The van der Waals surface area contributed by atoms with Gasteiger partial charge < -0.3 is 0 Å². The van der Waals surface area contributed by atoms with Crippen LogP contribution in [0, 0.1) is 0 Å².